The van der Waals surface area contributed by atoms with Crippen LogP contribution in [0.25, 0.3) is 21.3 Å². The Morgan fingerprint density at radius 3 is 2.81 bits per heavy atom. The molecule has 2 N–H and O–H groups in total. The second-order valence-electron chi connectivity index (χ2n) is 5.79. The summed E-state index contributed by atoms with van der Waals surface area (Å²) >= 11 is 1.58. The van der Waals surface area contributed by atoms with E-state index in [4.69, 9.17) is 0 Å². The maximum Gasteiger partial charge on any atom is 0.275 e. The van der Waals surface area contributed by atoms with Gasteiger partial charge in [-0.2, -0.15) is 10.2 Å². The third kappa shape index (κ3) is 3.02. The maximum absolute atomic E-state index is 12.5. The number of carbonyl (C=O) groups is 1. The molecule has 8 heteroatoms. The fourth-order valence-corrected chi connectivity index (χ4v) is 3.47. The first-order valence-electron chi connectivity index (χ1n) is 7.97. The van der Waals surface area contributed by atoms with Crippen LogP contribution in [0.4, 0.5) is 5.82 Å². The molecule has 0 aliphatic heterocycles. The minimum Gasteiger partial charge on any atom is -0.308 e. The lowest BCUT2D eigenvalue weighted by Crippen LogP contribution is -2.30. The third-order valence-electron chi connectivity index (χ3n) is 3.98. The Hall–Kier alpha value is -3.26. The van der Waals surface area contributed by atoms with Gasteiger partial charge < -0.3 is 5.32 Å². The second kappa shape index (κ2) is 6.57. The number of aromatic nitrogens is 4. The normalized spacial score (nSPS) is 11.0. The van der Waals surface area contributed by atoms with Gasteiger partial charge in [0.15, 0.2) is 5.82 Å². The molecule has 1 aromatic carbocycles. The van der Waals surface area contributed by atoms with Crippen LogP contribution in [-0.2, 0) is 11.3 Å². The van der Waals surface area contributed by atoms with Crippen LogP contribution in [0.1, 0.15) is 5.69 Å². The molecule has 4 rings (SSSR count). The van der Waals surface area contributed by atoms with Crippen molar-refractivity contribution in [2.45, 2.75) is 13.5 Å². The molecule has 7 nitrogen and oxygen atoms in total. The molecule has 1 amide bonds. The number of hydrogen-bond acceptors (Lipinski definition) is 5. The van der Waals surface area contributed by atoms with E-state index in [-0.39, 0.29) is 18.0 Å². The molecule has 4 aromatic rings. The van der Waals surface area contributed by atoms with E-state index in [1.54, 1.807) is 29.5 Å². The molecule has 130 valence electrons. The molecule has 0 unspecified atom stereocenters. The van der Waals surface area contributed by atoms with Crippen molar-refractivity contribution in [1.29, 1.82) is 0 Å². The Morgan fingerprint density at radius 2 is 2.04 bits per heavy atom. The van der Waals surface area contributed by atoms with Gasteiger partial charge in [0.05, 0.1) is 21.7 Å². The Morgan fingerprint density at radius 1 is 1.23 bits per heavy atom. The van der Waals surface area contributed by atoms with E-state index >= 15 is 0 Å². The van der Waals surface area contributed by atoms with Crippen molar-refractivity contribution in [3.05, 3.63) is 63.9 Å². The first-order valence-corrected chi connectivity index (χ1v) is 8.85. The van der Waals surface area contributed by atoms with Gasteiger partial charge in [0.1, 0.15) is 6.54 Å². The van der Waals surface area contributed by atoms with Crippen LogP contribution in [-0.4, -0.2) is 25.9 Å². The number of benzene rings is 1. The number of anilines is 1. The van der Waals surface area contributed by atoms with Gasteiger partial charge in [-0.25, -0.2) is 4.68 Å². The fourth-order valence-electron chi connectivity index (χ4n) is 2.77. The van der Waals surface area contributed by atoms with Crippen molar-refractivity contribution in [3.8, 4) is 10.6 Å². The van der Waals surface area contributed by atoms with E-state index in [1.807, 2.05) is 36.6 Å². The van der Waals surface area contributed by atoms with Crippen LogP contribution < -0.4 is 10.9 Å². The summed E-state index contributed by atoms with van der Waals surface area (Å²) in [5.74, 6) is 0.0440. The van der Waals surface area contributed by atoms with Crippen molar-refractivity contribution >= 4 is 33.8 Å². The van der Waals surface area contributed by atoms with Crippen LogP contribution >= 0.6 is 11.3 Å². The maximum atomic E-state index is 12.5. The molecule has 0 aliphatic carbocycles. The molecule has 0 radical (unpaired) electrons. The summed E-state index contributed by atoms with van der Waals surface area (Å²) in [6.45, 7) is 1.64. The number of carbonyl (C=O) groups excluding carboxylic acids is 1. The van der Waals surface area contributed by atoms with Gasteiger partial charge in [-0.05, 0) is 24.4 Å². The lowest BCUT2D eigenvalue weighted by Gasteiger charge is -2.08. The minimum absolute atomic E-state index is 0.175. The number of aromatic amines is 1. The predicted molar refractivity (Wildman–Crippen MR) is 101 cm³/mol. The molecule has 0 aliphatic rings. The van der Waals surface area contributed by atoms with Crippen LogP contribution in [0.2, 0.25) is 0 Å². The molecule has 0 saturated heterocycles. The lowest BCUT2D eigenvalue weighted by molar-refractivity contribution is -0.117. The molecule has 3 heterocycles. The Balaban J connectivity index is 1.55. The van der Waals surface area contributed by atoms with Crippen LogP contribution in [0.15, 0.2) is 52.6 Å². The summed E-state index contributed by atoms with van der Waals surface area (Å²) in [6.07, 6.45) is 0. The van der Waals surface area contributed by atoms with Gasteiger partial charge >= 0.3 is 0 Å². The molecule has 26 heavy (non-hydrogen) atoms. The van der Waals surface area contributed by atoms with E-state index < -0.39 is 0 Å². The number of aryl methyl sites for hydroxylation is 1. The largest absolute Gasteiger partial charge is 0.308 e. The number of thiophene rings is 1. The SMILES string of the molecule is Cc1nn(CC(=O)Nc2cc(-c3cccs3)[nH]n2)c(=O)c2ccccc12. The second-order valence-corrected chi connectivity index (χ2v) is 6.73. The van der Waals surface area contributed by atoms with Gasteiger partial charge in [-0.3, -0.25) is 14.7 Å². The number of rotatable bonds is 4. The van der Waals surface area contributed by atoms with Gasteiger partial charge in [0.25, 0.3) is 5.56 Å². The monoisotopic (exact) mass is 365 g/mol. The molecule has 0 spiro atoms. The topological polar surface area (TPSA) is 92.7 Å². The number of fused-ring (bicyclic) bond motifs is 1. The molecular formula is C18H15N5O2S. The van der Waals surface area contributed by atoms with E-state index in [9.17, 15) is 9.59 Å². The Labute approximate surface area is 152 Å². The standard InChI is InChI=1S/C18H15N5O2S/c1-11-12-5-2-3-6-13(12)18(25)23(22-11)10-17(24)19-16-9-14(20-21-16)15-7-4-8-26-15/h2-9H,10H2,1H3,(H2,19,20,21,24). The van der Waals surface area contributed by atoms with Gasteiger partial charge in [0, 0.05) is 11.5 Å². The number of nitrogens with zero attached hydrogens (tertiary/aromatic N) is 3. The van der Waals surface area contributed by atoms with Gasteiger partial charge in [-0.1, -0.05) is 24.3 Å². The average molecular weight is 365 g/mol. The van der Waals surface area contributed by atoms with Crippen molar-refractivity contribution in [2.75, 3.05) is 5.32 Å². The van der Waals surface area contributed by atoms with Crippen molar-refractivity contribution in [3.63, 3.8) is 0 Å². The highest BCUT2D eigenvalue weighted by Gasteiger charge is 2.12. The number of nitrogens with one attached hydrogen (secondary N) is 2. The third-order valence-corrected chi connectivity index (χ3v) is 4.88. The van der Waals surface area contributed by atoms with Gasteiger partial charge in [-0.15, -0.1) is 11.3 Å². The molecule has 0 saturated carbocycles. The Bertz CT molecular complexity index is 1140. The zero-order valence-electron chi connectivity index (χ0n) is 13.9. The van der Waals surface area contributed by atoms with Crippen molar-refractivity contribution in [2.24, 2.45) is 0 Å². The van der Waals surface area contributed by atoms with E-state index in [0.29, 0.717) is 16.9 Å². The van der Waals surface area contributed by atoms with E-state index in [0.717, 1.165) is 16.0 Å². The highest BCUT2D eigenvalue weighted by Crippen LogP contribution is 2.24. The molecule has 0 atom stereocenters. The molecule has 0 fully saturated rings. The lowest BCUT2D eigenvalue weighted by atomic mass is 10.1. The summed E-state index contributed by atoms with van der Waals surface area (Å²) in [5.41, 5.74) is 1.24. The summed E-state index contributed by atoms with van der Waals surface area (Å²) < 4.78 is 1.18. The molecular weight excluding hydrogens is 350 g/mol. The van der Waals surface area contributed by atoms with Crippen LogP contribution in [0, 0.1) is 6.92 Å². The molecule has 3 aromatic heterocycles. The minimum atomic E-state index is -0.362. The highest BCUT2D eigenvalue weighted by molar-refractivity contribution is 7.13. The summed E-state index contributed by atoms with van der Waals surface area (Å²) in [6, 6.07) is 12.9. The van der Waals surface area contributed by atoms with Crippen LogP contribution in [0.3, 0.4) is 0 Å². The van der Waals surface area contributed by atoms with E-state index in [2.05, 4.69) is 20.6 Å². The zero-order valence-corrected chi connectivity index (χ0v) is 14.7. The number of H-pyrrole nitrogens is 1. The summed E-state index contributed by atoms with van der Waals surface area (Å²) in [7, 11) is 0. The average Bonchev–Trinajstić information content (AvgIpc) is 3.31. The first kappa shape index (κ1) is 16.2. The fraction of sp³-hybridized carbons (Fsp3) is 0.111. The number of amides is 1. The first-order chi connectivity index (χ1) is 12.6. The molecule has 0 bridgehead atoms. The Kier molecular flexibility index (Phi) is 4.10. The quantitative estimate of drug-likeness (QED) is 0.582. The predicted octanol–water partition coefficient (Wildman–Crippen LogP) is 2.80. The smallest absolute Gasteiger partial charge is 0.275 e. The number of hydrogen-bond donors (Lipinski definition) is 2. The zero-order chi connectivity index (χ0) is 18.1. The summed E-state index contributed by atoms with van der Waals surface area (Å²) in [5, 5.41) is 17.2. The van der Waals surface area contributed by atoms with Crippen LogP contribution in [0.5, 0.6) is 0 Å². The van der Waals surface area contributed by atoms with Gasteiger partial charge in [0.2, 0.25) is 5.91 Å². The van der Waals surface area contributed by atoms with E-state index in [1.165, 1.54) is 4.68 Å². The van der Waals surface area contributed by atoms with Crippen molar-refractivity contribution in [1.82, 2.24) is 20.0 Å². The highest BCUT2D eigenvalue weighted by atomic mass is 32.1. The summed E-state index contributed by atoms with van der Waals surface area (Å²) in [4.78, 5) is 25.9. The van der Waals surface area contributed by atoms with Crippen molar-refractivity contribution < 1.29 is 4.79 Å².